The van der Waals surface area contributed by atoms with Crippen LogP contribution >= 0.6 is 0 Å². The van der Waals surface area contributed by atoms with Crippen molar-refractivity contribution in [3.05, 3.63) is 89.7 Å². The van der Waals surface area contributed by atoms with E-state index in [9.17, 15) is 15.0 Å². The van der Waals surface area contributed by atoms with E-state index >= 15 is 0 Å². The van der Waals surface area contributed by atoms with Gasteiger partial charge in [0.15, 0.2) is 5.41 Å². The van der Waals surface area contributed by atoms with Gasteiger partial charge in [0.25, 0.3) is 0 Å². The van der Waals surface area contributed by atoms with Gasteiger partial charge in [-0.05, 0) is 54.4 Å². The van der Waals surface area contributed by atoms with E-state index in [0.717, 1.165) is 0 Å². The average molecular weight is 349 g/mol. The fraction of sp³-hybridized carbons (Fsp3) is 0.143. The molecule has 5 nitrogen and oxygen atoms in total. The minimum atomic E-state index is -1.32. The Labute approximate surface area is 151 Å². The summed E-state index contributed by atoms with van der Waals surface area (Å²) in [5.74, 6) is -0.286. The summed E-state index contributed by atoms with van der Waals surface area (Å²) >= 11 is 0. The number of phenols is 2. The highest BCUT2D eigenvalue weighted by Crippen LogP contribution is 2.40. The lowest BCUT2D eigenvalue weighted by Crippen LogP contribution is -2.40. The Morgan fingerprint density at radius 1 is 0.923 bits per heavy atom. The molecule has 1 aromatic heterocycles. The Kier molecular flexibility index (Phi) is 4.89. The second-order valence-electron chi connectivity index (χ2n) is 5.78. The lowest BCUT2D eigenvalue weighted by molar-refractivity contribution is -0.147. The predicted molar refractivity (Wildman–Crippen MR) is 97.0 cm³/mol. The number of benzene rings is 2. The van der Waals surface area contributed by atoms with Gasteiger partial charge in [0.05, 0.1) is 12.3 Å². The molecule has 0 spiro atoms. The molecule has 0 atom stereocenters. The van der Waals surface area contributed by atoms with Crippen LogP contribution < -0.4 is 0 Å². The van der Waals surface area contributed by atoms with Crippen molar-refractivity contribution in [1.82, 2.24) is 4.98 Å². The number of aromatic nitrogens is 1. The van der Waals surface area contributed by atoms with Gasteiger partial charge in [0.2, 0.25) is 0 Å². The molecule has 0 bridgehead atoms. The maximum absolute atomic E-state index is 13.2. The molecule has 0 aliphatic rings. The Hall–Kier alpha value is -3.34. The zero-order valence-corrected chi connectivity index (χ0v) is 14.3. The Bertz CT molecular complexity index is 829. The molecule has 132 valence electrons. The van der Waals surface area contributed by atoms with Crippen molar-refractivity contribution in [1.29, 1.82) is 0 Å². The van der Waals surface area contributed by atoms with Gasteiger partial charge in [-0.25, -0.2) is 0 Å². The number of carbonyl (C=O) groups is 1. The molecule has 26 heavy (non-hydrogen) atoms. The van der Waals surface area contributed by atoms with Gasteiger partial charge in [0, 0.05) is 6.20 Å². The van der Waals surface area contributed by atoms with Crippen LogP contribution in [0.25, 0.3) is 0 Å². The van der Waals surface area contributed by atoms with Crippen molar-refractivity contribution < 1.29 is 19.7 Å². The molecule has 0 aliphatic carbocycles. The number of ether oxygens (including phenoxy) is 1. The van der Waals surface area contributed by atoms with Crippen molar-refractivity contribution in [2.45, 2.75) is 12.3 Å². The summed E-state index contributed by atoms with van der Waals surface area (Å²) in [6, 6.07) is 18.1. The molecular formula is C21H19NO4. The summed E-state index contributed by atoms with van der Waals surface area (Å²) in [4.78, 5) is 17.7. The fourth-order valence-electron chi connectivity index (χ4n) is 3.05. The van der Waals surface area contributed by atoms with Crippen molar-refractivity contribution in [2.75, 3.05) is 6.61 Å². The Morgan fingerprint density at radius 2 is 1.46 bits per heavy atom. The maximum atomic E-state index is 13.2. The molecule has 0 fully saturated rings. The SMILES string of the molecule is CCOC(=O)C(c1ccc(O)cc1)(c1ccc(O)cc1)c1ccccn1. The smallest absolute Gasteiger partial charge is 0.327 e. The quantitative estimate of drug-likeness (QED) is 0.690. The van der Waals surface area contributed by atoms with Crippen LogP contribution in [0.2, 0.25) is 0 Å². The van der Waals surface area contributed by atoms with Gasteiger partial charge in [-0.1, -0.05) is 30.3 Å². The maximum Gasteiger partial charge on any atom is 0.327 e. The first-order chi connectivity index (χ1) is 12.6. The monoisotopic (exact) mass is 349 g/mol. The second kappa shape index (κ2) is 7.27. The molecule has 0 saturated heterocycles. The van der Waals surface area contributed by atoms with Crippen molar-refractivity contribution >= 4 is 5.97 Å². The molecule has 0 aliphatic heterocycles. The third kappa shape index (κ3) is 2.99. The number of rotatable bonds is 5. The van der Waals surface area contributed by atoms with E-state index in [-0.39, 0.29) is 18.1 Å². The topological polar surface area (TPSA) is 79.7 Å². The summed E-state index contributed by atoms with van der Waals surface area (Å²) in [5.41, 5.74) is 0.393. The number of pyridine rings is 1. The molecule has 0 amide bonds. The minimum absolute atomic E-state index is 0.0956. The van der Waals surface area contributed by atoms with Crippen LogP contribution in [0.4, 0.5) is 0 Å². The number of hydrogen-bond acceptors (Lipinski definition) is 5. The van der Waals surface area contributed by atoms with Gasteiger partial charge in [-0.2, -0.15) is 0 Å². The number of hydrogen-bond donors (Lipinski definition) is 2. The summed E-state index contributed by atoms with van der Waals surface area (Å²) in [6.45, 7) is 1.96. The number of aromatic hydroxyl groups is 2. The van der Waals surface area contributed by atoms with Gasteiger partial charge in [-0.3, -0.25) is 9.78 Å². The highest BCUT2D eigenvalue weighted by molar-refractivity contribution is 5.91. The summed E-state index contributed by atoms with van der Waals surface area (Å²) in [5, 5.41) is 19.4. The first-order valence-electron chi connectivity index (χ1n) is 8.26. The molecule has 2 N–H and O–H groups in total. The molecule has 3 rings (SSSR count). The van der Waals surface area contributed by atoms with Crippen LogP contribution in [0, 0.1) is 0 Å². The van der Waals surface area contributed by atoms with Crippen molar-refractivity contribution in [2.24, 2.45) is 0 Å². The van der Waals surface area contributed by atoms with Crippen LogP contribution in [0.1, 0.15) is 23.7 Å². The van der Waals surface area contributed by atoms with Crippen LogP contribution in [0.3, 0.4) is 0 Å². The zero-order valence-electron chi connectivity index (χ0n) is 14.3. The van der Waals surface area contributed by atoms with Crippen LogP contribution in [0.15, 0.2) is 72.9 Å². The van der Waals surface area contributed by atoms with Gasteiger partial charge in [-0.15, -0.1) is 0 Å². The van der Waals surface area contributed by atoms with Crippen molar-refractivity contribution in [3.63, 3.8) is 0 Å². The fourth-order valence-corrected chi connectivity index (χ4v) is 3.05. The van der Waals surface area contributed by atoms with E-state index < -0.39 is 11.4 Å². The van der Waals surface area contributed by atoms with E-state index in [1.807, 2.05) is 0 Å². The van der Waals surface area contributed by atoms with Gasteiger partial charge in [0.1, 0.15) is 11.5 Å². The van der Waals surface area contributed by atoms with E-state index in [2.05, 4.69) is 4.98 Å². The zero-order chi connectivity index (χ0) is 18.6. The third-order valence-electron chi connectivity index (χ3n) is 4.23. The number of nitrogens with zero attached hydrogens (tertiary/aromatic N) is 1. The van der Waals surface area contributed by atoms with E-state index in [0.29, 0.717) is 16.8 Å². The molecule has 0 radical (unpaired) electrons. The standard InChI is InChI=1S/C21H19NO4/c1-2-26-20(25)21(19-5-3-4-14-22-19,15-6-10-17(23)11-7-15)16-8-12-18(24)13-9-16/h3-14,23-24H,2H2,1H3. The highest BCUT2D eigenvalue weighted by Gasteiger charge is 2.46. The average Bonchev–Trinajstić information content (AvgIpc) is 2.66. The van der Waals surface area contributed by atoms with Crippen LogP contribution in [-0.2, 0) is 14.9 Å². The minimum Gasteiger partial charge on any atom is -0.508 e. The first-order valence-corrected chi connectivity index (χ1v) is 8.26. The molecular weight excluding hydrogens is 330 g/mol. The number of phenolic OH excluding ortho intramolecular Hbond substituents is 2. The summed E-state index contributed by atoms with van der Waals surface area (Å²) in [6.07, 6.45) is 1.62. The predicted octanol–water partition coefficient (Wildman–Crippen LogP) is 3.39. The number of carbonyl (C=O) groups excluding carboxylic acids is 1. The second-order valence-corrected chi connectivity index (χ2v) is 5.78. The number of esters is 1. The first kappa shape index (κ1) is 17.5. The van der Waals surface area contributed by atoms with Crippen molar-refractivity contribution in [3.8, 4) is 11.5 Å². The third-order valence-corrected chi connectivity index (χ3v) is 4.23. The molecule has 5 heteroatoms. The Balaban J connectivity index is 2.35. The normalized spacial score (nSPS) is 11.1. The molecule has 0 saturated carbocycles. The molecule has 0 unspecified atom stereocenters. The Morgan fingerprint density at radius 3 is 1.88 bits per heavy atom. The van der Waals surface area contributed by atoms with Crippen LogP contribution in [-0.4, -0.2) is 27.8 Å². The van der Waals surface area contributed by atoms with E-state index in [4.69, 9.17) is 4.74 Å². The lowest BCUT2D eigenvalue weighted by Gasteiger charge is -2.32. The van der Waals surface area contributed by atoms with Gasteiger partial charge < -0.3 is 14.9 Å². The lowest BCUT2D eigenvalue weighted by atomic mass is 9.71. The van der Waals surface area contributed by atoms with Crippen LogP contribution in [0.5, 0.6) is 11.5 Å². The largest absolute Gasteiger partial charge is 0.508 e. The highest BCUT2D eigenvalue weighted by atomic mass is 16.5. The van der Waals surface area contributed by atoms with Gasteiger partial charge >= 0.3 is 5.97 Å². The molecule has 1 heterocycles. The summed E-state index contributed by atoms with van der Waals surface area (Å²) in [7, 11) is 0. The summed E-state index contributed by atoms with van der Waals surface area (Å²) < 4.78 is 5.43. The van der Waals surface area contributed by atoms with E-state index in [1.54, 1.807) is 55.6 Å². The van der Waals surface area contributed by atoms with E-state index in [1.165, 1.54) is 24.3 Å². The molecule has 2 aromatic carbocycles. The molecule has 3 aromatic rings.